The normalized spacial score (nSPS) is 11.0. The predicted molar refractivity (Wildman–Crippen MR) is 82.5 cm³/mol. The van der Waals surface area contributed by atoms with Crippen molar-refractivity contribution in [3.8, 4) is 5.75 Å². The van der Waals surface area contributed by atoms with E-state index in [1.165, 1.54) is 11.1 Å². The third kappa shape index (κ3) is 2.50. The van der Waals surface area contributed by atoms with Gasteiger partial charge in [-0.15, -0.1) is 0 Å². The Hall–Kier alpha value is -2.33. The Morgan fingerprint density at radius 2 is 2.00 bits per heavy atom. The molecule has 0 atom stereocenters. The van der Waals surface area contributed by atoms with Crippen molar-refractivity contribution < 1.29 is 9.84 Å². The summed E-state index contributed by atoms with van der Waals surface area (Å²) in [5, 5.41) is 9.58. The van der Waals surface area contributed by atoms with Crippen LogP contribution in [0.15, 0.2) is 42.5 Å². The lowest BCUT2D eigenvalue weighted by Crippen LogP contribution is -2.06. The predicted octanol–water partition coefficient (Wildman–Crippen LogP) is 2.89. The molecule has 0 fully saturated rings. The van der Waals surface area contributed by atoms with E-state index in [1.807, 2.05) is 30.3 Å². The van der Waals surface area contributed by atoms with Gasteiger partial charge in [-0.2, -0.15) is 0 Å². The lowest BCUT2D eigenvalue weighted by Gasteiger charge is -2.10. The molecule has 2 aromatic carbocycles. The van der Waals surface area contributed by atoms with E-state index in [4.69, 9.17) is 4.74 Å². The number of aliphatic hydroxyl groups excluding tert-OH is 1. The van der Waals surface area contributed by atoms with Crippen LogP contribution < -0.4 is 4.74 Å². The first-order chi connectivity index (χ1) is 10.2. The summed E-state index contributed by atoms with van der Waals surface area (Å²) in [5.41, 5.74) is 4.30. The van der Waals surface area contributed by atoms with Crippen LogP contribution in [-0.2, 0) is 13.2 Å². The first-order valence-corrected chi connectivity index (χ1v) is 6.91. The van der Waals surface area contributed by atoms with Crippen LogP contribution in [0.3, 0.4) is 0 Å². The Morgan fingerprint density at radius 1 is 1.19 bits per heavy atom. The van der Waals surface area contributed by atoms with Gasteiger partial charge in [-0.3, -0.25) is 0 Å². The molecule has 0 saturated heterocycles. The number of hydrogen-bond acceptors (Lipinski definition) is 3. The van der Waals surface area contributed by atoms with E-state index >= 15 is 0 Å². The van der Waals surface area contributed by atoms with Crippen LogP contribution in [-0.4, -0.2) is 21.8 Å². The van der Waals surface area contributed by atoms with E-state index in [1.54, 1.807) is 7.11 Å². The average molecular weight is 282 g/mol. The molecule has 0 radical (unpaired) electrons. The second kappa shape index (κ2) is 5.58. The van der Waals surface area contributed by atoms with Crippen LogP contribution in [0.2, 0.25) is 0 Å². The zero-order valence-corrected chi connectivity index (χ0v) is 12.2. The molecule has 4 heteroatoms. The maximum atomic E-state index is 9.58. The standard InChI is InChI=1S/C17H18N2O2/c1-12-5-3-4-6-13(12)10-19-16-8-7-14(21-2)9-15(16)18-17(19)11-20/h3-9,20H,10-11H2,1-2H3. The minimum Gasteiger partial charge on any atom is -0.497 e. The molecule has 1 N–H and O–H groups in total. The van der Waals surface area contributed by atoms with Gasteiger partial charge in [0, 0.05) is 12.6 Å². The molecule has 21 heavy (non-hydrogen) atoms. The molecular weight excluding hydrogens is 264 g/mol. The van der Waals surface area contributed by atoms with Crippen molar-refractivity contribution in [2.45, 2.75) is 20.1 Å². The maximum Gasteiger partial charge on any atom is 0.136 e. The van der Waals surface area contributed by atoms with Crippen LogP contribution in [0.25, 0.3) is 11.0 Å². The summed E-state index contributed by atoms with van der Waals surface area (Å²) in [6.45, 7) is 2.71. The number of benzene rings is 2. The van der Waals surface area contributed by atoms with E-state index in [0.717, 1.165) is 16.8 Å². The van der Waals surface area contributed by atoms with Gasteiger partial charge in [0.2, 0.25) is 0 Å². The van der Waals surface area contributed by atoms with Crippen LogP contribution in [0.5, 0.6) is 5.75 Å². The van der Waals surface area contributed by atoms with Gasteiger partial charge in [0.25, 0.3) is 0 Å². The van der Waals surface area contributed by atoms with Crippen molar-refractivity contribution in [1.29, 1.82) is 0 Å². The number of aliphatic hydroxyl groups is 1. The average Bonchev–Trinajstić information content (AvgIpc) is 2.86. The maximum absolute atomic E-state index is 9.58. The van der Waals surface area contributed by atoms with Crippen molar-refractivity contribution >= 4 is 11.0 Å². The van der Waals surface area contributed by atoms with Crippen LogP contribution in [0.4, 0.5) is 0 Å². The number of aromatic nitrogens is 2. The molecule has 0 bridgehead atoms. The smallest absolute Gasteiger partial charge is 0.136 e. The van der Waals surface area contributed by atoms with E-state index < -0.39 is 0 Å². The third-order valence-electron chi connectivity index (χ3n) is 3.77. The van der Waals surface area contributed by atoms with Crippen LogP contribution >= 0.6 is 0 Å². The summed E-state index contributed by atoms with van der Waals surface area (Å²) in [6, 6.07) is 14.1. The Morgan fingerprint density at radius 3 is 2.71 bits per heavy atom. The number of aryl methyl sites for hydroxylation is 1. The first kappa shape index (κ1) is 13.6. The van der Waals surface area contributed by atoms with Crippen LogP contribution in [0.1, 0.15) is 17.0 Å². The monoisotopic (exact) mass is 282 g/mol. The fourth-order valence-electron chi connectivity index (χ4n) is 2.54. The molecule has 1 heterocycles. The highest BCUT2D eigenvalue weighted by Gasteiger charge is 2.12. The van der Waals surface area contributed by atoms with Gasteiger partial charge in [-0.1, -0.05) is 24.3 Å². The SMILES string of the molecule is COc1ccc2c(c1)nc(CO)n2Cc1ccccc1C. The lowest BCUT2D eigenvalue weighted by molar-refractivity contribution is 0.267. The number of nitrogens with zero attached hydrogens (tertiary/aromatic N) is 2. The molecule has 0 amide bonds. The quantitative estimate of drug-likeness (QED) is 0.800. The highest BCUT2D eigenvalue weighted by molar-refractivity contribution is 5.78. The van der Waals surface area contributed by atoms with E-state index in [2.05, 4.69) is 28.6 Å². The number of ether oxygens (including phenoxy) is 1. The highest BCUT2D eigenvalue weighted by Crippen LogP contribution is 2.23. The molecule has 0 unspecified atom stereocenters. The van der Waals surface area contributed by atoms with E-state index in [9.17, 15) is 5.11 Å². The number of imidazole rings is 1. The number of hydrogen-bond donors (Lipinski definition) is 1. The molecule has 108 valence electrons. The van der Waals surface area contributed by atoms with Gasteiger partial charge in [0.05, 0.1) is 18.1 Å². The molecule has 0 aliphatic carbocycles. The minimum atomic E-state index is -0.0805. The van der Waals surface area contributed by atoms with Gasteiger partial charge < -0.3 is 14.4 Å². The molecular formula is C17H18N2O2. The first-order valence-electron chi connectivity index (χ1n) is 6.91. The molecule has 0 saturated carbocycles. The summed E-state index contributed by atoms with van der Waals surface area (Å²) in [7, 11) is 1.64. The van der Waals surface area contributed by atoms with Gasteiger partial charge in [-0.05, 0) is 30.2 Å². The van der Waals surface area contributed by atoms with Crippen molar-refractivity contribution in [2.24, 2.45) is 0 Å². The van der Waals surface area contributed by atoms with Crippen molar-refractivity contribution in [3.63, 3.8) is 0 Å². The molecule has 3 rings (SSSR count). The second-order valence-corrected chi connectivity index (χ2v) is 5.05. The number of methoxy groups -OCH3 is 1. The minimum absolute atomic E-state index is 0.0805. The Bertz CT molecular complexity index is 778. The number of rotatable bonds is 4. The van der Waals surface area contributed by atoms with Gasteiger partial charge in [-0.25, -0.2) is 4.98 Å². The third-order valence-corrected chi connectivity index (χ3v) is 3.77. The van der Waals surface area contributed by atoms with Gasteiger partial charge in [0.1, 0.15) is 18.2 Å². The molecule has 0 spiro atoms. The Balaban J connectivity index is 2.10. The summed E-state index contributed by atoms with van der Waals surface area (Å²) in [4.78, 5) is 4.50. The fraction of sp³-hybridized carbons (Fsp3) is 0.235. The Kier molecular flexibility index (Phi) is 3.62. The van der Waals surface area contributed by atoms with Crippen molar-refractivity contribution in [1.82, 2.24) is 9.55 Å². The molecule has 4 nitrogen and oxygen atoms in total. The highest BCUT2D eigenvalue weighted by atomic mass is 16.5. The van der Waals surface area contributed by atoms with Crippen LogP contribution in [0, 0.1) is 6.92 Å². The Labute approximate surface area is 123 Å². The molecule has 3 aromatic rings. The summed E-state index contributed by atoms with van der Waals surface area (Å²) in [6.07, 6.45) is 0. The zero-order chi connectivity index (χ0) is 14.8. The largest absolute Gasteiger partial charge is 0.497 e. The van der Waals surface area contributed by atoms with Crippen molar-refractivity contribution in [2.75, 3.05) is 7.11 Å². The molecule has 0 aliphatic rings. The zero-order valence-electron chi connectivity index (χ0n) is 12.2. The summed E-state index contributed by atoms with van der Waals surface area (Å²) < 4.78 is 7.28. The van der Waals surface area contributed by atoms with E-state index in [0.29, 0.717) is 12.4 Å². The van der Waals surface area contributed by atoms with Gasteiger partial charge >= 0.3 is 0 Å². The van der Waals surface area contributed by atoms with Crippen molar-refractivity contribution in [3.05, 3.63) is 59.4 Å². The molecule has 1 aromatic heterocycles. The fourth-order valence-corrected chi connectivity index (χ4v) is 2.54. The van der Waals surface area contributed by atoms with E-state index in [-0.39, 0.29) is 6.61 Å². The van der Waals surface area contributed by atoms with Gasteiger partial charge in [0.15, 0.2) is 0 Å². The summed E-state index contributed by atoms with van der Waals surface area (Å²) in [5.74, 6) is 1.44. The number of fused-ring (bicyclic) bond motifs is 1. The topological polar surface area (TPSA) is 47.3 Å². The lowest BCUT2D eigenvalue weighted by atomic mass is 10.1. The second-order valence-electron chi connectivity index (χ2n) is 5.05. The molecule has 0 aliphatic heterocycles. The summed E-state index contributed by atoms with van der Waals surface area (Å²) >= 11 is 0.